The largest absolute Gasteiger partial charge is 0.507 e. The van der Waals surface area contributed by atoms with E-state index in [0.29, 0.717) is 35.4 Å². The van der Waals surface area contributed by atoms with Crippen LogP contribution in [0.25, 0.3) is 22.3 Å². The van der Waals surface area contributed by atoms with E-state index < -0.39 is 10.0 Å². The van der Waals surface area contributed by atoms with E-state index in [0.717, 1.165) is 0 Å². The Bertz CT molecular complexity index is 1070. The van der Waals surface area contributed by atoms with E-state index in [2.05, 4.69) is 15.1 Å². The lowest BCUT2D eigenvalue weighted by atomic mass is 10.1. The first-order chi connectivity index (χ1) is 12.3. The van der Waals surface area contributed by atoms with Gasteiger partial charge >= 0.3 is 0 Å². The molecule has 0 unspecified atom stereocenters. The third kappa shape index (κ3) is 2.86. The van der Waals surface area contributed by atoms with Gasteiger partial charge in [0.25, 0.3) is 0 Å². The minimum Gasteiger partial charge on any atom is -0.507 e. The number of hydrogen-bond donors (Lipinski definition) is 2. The summed E-state index contributed by atoms with van der Waals surface area (Å²) < 4.78 is 28.5. The van der Waals surface area contributed by atoms with Crippen LogP contribution in [-0.4, -0.2) is 50.7 Å². The third-order valence-corrected chi connectivity index (χ3v) is 6.23. The van der Waals surface area contributed by atoms with Crippen LogP contribution in [0.5, 0.6) is 5.75 Å². The van der Waals surface area contributed by atoms with Crippen molar-refractivity contribution in [3.8, 4) is 17.0 Å². The van der Waals surface area contributed by atoms with E-state index in [1.54, 1.807) is 37.8 Å². The van der Waals surface area contributed by atoms with Gasteiger partial charge in [0.1, 0.15) is 16.3 Å². The Balaban J connectivity index is 2.21. The van der Waals surface area contributed by atoms with Crippen LogP contribution in [0, 0.1) is 0 Å². The molecule has 3 aromatic rings. The summed E-state index contributed by atoms with van der Waals surface area (Å²) in [5.74, 6) is -0.177. The first-order valence-electron chi connectivity index (χ1n) is 8.08. The predicted molar refractivity (Wildman–Crippen MR) is 97.9 cm³/mol. The Labute approximate surface area is 151 Å². The van der Waals surface area contributed by atoms with Crippen molar-refractivity contribution in [1.29, 1.82) is 0 Å². The average Bonchev–Trinajstić information content (AvgIpc) is 2.92. The standard InChI is InChI=1S/C16H20N6O3S/c1-4-22(5-2)26(24,25)13-8-10(6-7-12(13)23)14-11-9-18-16(17)19-15(11)21(3)20-14/h6-9,23H,4-5H2,1-3H3,(H2,17,18,19). The summed E-state index contributed by atoms with van der Waals surface area (Å²) in [6.45, 7) is 4.11. The summed E-state index contributed by atoms with van der Waals surface area (Å²) in [4.78, 5) is 7.99. The van der Waals surface area contributed by atoms with E-state index in [-0.39, 0.29) is 16.6 Å². The average molecular weight is 376 g/mol. The van der Waals surface area contributed by atoms with Crippen LogP contribution in [0.1, 0.15) is 13.8 Å². The van der Waals surface area contributed by atoms with Crippen molar-refractivity contribution in [3.63, 3.8) is 0 Å². The van der Waals surface area contributed by atoms with Crippen molar-refractivity contribution in [1.82, 2.24) is 24.1 Å². The number of nitrogens with two attached hydrogens (primary N) is 1. The molecule has 0 fully saturated rings. The van der Waals surface area contributed by atoms with Gasteiger partial charge in [-0.15, -0.1) is 0 Å². The number of aromatic hydroxyl groups is 1. The number of hydrogen-bond acceptors (Lipinski definition) is 7. The van der Waals surface area contributed by atoms with Gasteiger partial charge in [-0.2, -0.15) is 14.4 Å². The normalized spacial score (nSPS) is 12.2. The molecule has 0 saturated heterocycles. The molecule has 0 aliphatic carbocycles. The molecule has 26 heavy (non-hydrogen) atoms. The van der Waals surface area contributed by atoms with E-state index in [9.17, 15) is 13.5 Å². The van der Waals surface area contributed by atoms with Crippen molar-refractivity contribution >= 4 is 27.0 Å². The van der Waals surface area contributed by atoms with Crippen LogP contribution in [0.3, 0.4) is 0 Å². The van der Waals surface area contributed by atoms with Crippen molar-refractivity contribution in [2.24, 2.45) is 7.05 Å². The molecular weight excluding hydrogens is 356 g/mol. The number of benzene rings is 1. The Hall–Kier alpha value is -2.72. The Morgan fingerprint density at radius 2 is 1.96 bits per heavy atom. The summed E-state index contributed by atoms with van der Waals surface area (Å²) in [6.07, 6.45) is 1.55. The molecule has 0 aliphatic rings. The molecule has 10 heteroatoms. The fourth-order valence-corrected chi connectivity index (χ4v) is 4.40. The summed E-state index contributed by atoms with van der Waals surface area (Å²) in [6, 6.07) is 4.38. The highest BCUT2D eigenvalue weighted by atomic mass is 32.2. The number of phenols is 1. The Kier molecular flexibility index (Phi) is 4.55. The number of nitrogens with zero attached hydrogens (tertiary/aromatic N) is 5. The minimum absolute atomic E-state index is 0.127. The van der Waals surface area contributed by atoms with Crippen LogP contribution in [-0.2, 0) is 17.1 Å². The lowest BCUT2D eigenvalue weighted by Crippen LogP contribution is -2.30. The maximum atomic E-state index is 12.8. The number of anilines is 1. The molecule has 3 N–H and O–H groups in total. The molecule has 0 aliphatic heterocycles. The molecule has 9 nitrogen and oxygen atoms in total. The molecule has 2 heterocycles. The Morgan fingerprint density at radius 1 is 1.27 bits per heavy atom. The van der Waals surface area contributed by atoms with E-state index >= 15 is 0 Å². The molecule has 1 aromatic carbocycles. The summed E-state index contributed by atoms with van der Waals surface area (Å²) >= 11 is 0. The number of fused-ring (bicyclic) bond motifs is 1. The van der Waals surface area contributed by atoms with Gasteiger partial charge in [-0.25, -0.2) is 18.1 Å². The molecule has 0 amide bonds. The molecule has 0 atom stereocenters. The minimum atomic E-state index is -3.82. The first kappa shape index (κ1) is 18.1. The van der Waals surface area contributed by atoms with Gasteiger partial charge < -0.3 is 10.8 Å². The molecule has 0 bridgehead atoms. The lowest BCUT2D eigenvalue weighted by Gasteiger charge is -2.19. The van der Waals surface area contributed by atoms with Crippen LogP contribution >= 0.6 is 0 Å². The quantitative estimate of drug-likeness (QED) is 0.688. The molecule has 3 rings (SSSR count). The fraction of sp³-hybridized carbons (Fsp3) is 0.312. The monoisotopic (exact) mass is 376 g/mol. The third-order valence-electron chi connectivity index (χ3n) is 4.16. The molecule has 0 radical (unpaired) electrons. The SMILES string of the molecule is CCN(CC)S(=O)(=O)c1cc(-c2nn(C)c3nc(N)ncc23)ccc1O. The Morgan fingerprint density at radius 3 is 2.62 bits per heavy atom. The zero-order valence-corrected chi connectivity index (χ0v) is 15.5. The van der Waals surface area contributed by atoms with Crippen LogP contribution in [0.4, 0.5) is 5.95 Å². The number of aryl methyl sites for hydroxylation is 1. The molecule has 2 aromatic heterocycles. The van der Waals surface area contributed by atoms with Gasteiger partial charge in [-0.1, -0.05) is 13.8 Å². The second-order valence-electron chi connectivity index (χ2n) is 5.71. The van der Waals surface area contributed by atoms with E-state index in [1.807, 2.05) is 0 Å². The lowest BCUT2D eigenvalue weighted by molar-refractivity contribution is 0.429. The van der Waals surface area contributed by atoms with Crippen molar-refractivity contribution in [2.45, 2.75) is 18.7 Å². The highest BCUT2D eigenvalue weighted by Crippen LogP contribution is 2.33. The van der Waals surface area contributed by atoms with Gasteiger partial charge in [0.15, 0.2) is 5.65 Å². The van der Waals surface area contributed by atoms with Gasteiger partial charge in [-0.3, -0.25) is 0 Å². The van der Waals surface area contributed by atoms with E-state index in [4.69, 9.17) is 5.73 Å². The number of sulfonamides is 1. The second kappa shape index (κ2) is 6.54. The van der Waals surface area contributed by atoms with Crippen LogP contribution < -0.4 is 5.73 Å². The van der Waals surface area contributed by atoms with Crippen molar-refractivity contribution in [2.75, 3.05) is 18.8 Å². The fourth-order valence-electron chi connectivity index (χ4n) is 2.83. The molecule has 0 spiro atoms. The smallest absolute Gasteiger partial charge is 0.246 e. The zero-order chi connectivity index (χ0) is 19.1. The van der Waals surface area contributed by atoms with Crippen molar-refractivity contribution in [3.05, 3.63) is 24.4 Å². The highest BCUT2D eigenvalue weighted by Gasteiger charge is 2.26. The highest BCUT2D eigenvalue weighted by molar-refractivity contribution is 7.89. The molecular formula is C16H20N6O3S. The van der Waals surface area contributed by atoms with Crippen LogP contribution in [0.2, 0.25) is 0 Å². The summed E-state index contributed by atoms with van der Waals surface area (Å²) in [5.41, 5.74) is 7.21. The predicted octanol–water partition coefficient (Wildman–Crippen LogP) is 1.35. The maximum absolute atomic E-state index is 12.8. The zero-order valence-electron chi connectivity index (χ0n) is 14.7. The summed E-state index contributed by atoms with van der Waals surface area (Å²) in [5, 5.41) is 15.2. The number of aromatic nitrogens is 4. The first-order valence-corrected chi connectivity index (χ1v) is 9.52. The molecule has 0 saturated carbocycles. The number of rotatable bonds is 5. The maximum Gasteiger partial charge on any atom is 0.246 e. The van der Waals surface area contributed by atoms with Gasteiger partial charge in [0, 0.05) is 31.9 Å². The van der Waals surface area contributed by atoms with Gasteiger partial charge in [0.05, 0.1) is 5.39 Å². The molecule has 138 valence electrons. The number of nitrogen functional groups attached to an aromatic ring is 1. The van der Waals surface area contributed by atoms with Crippen molar-refractivity contribution < 1.29 is 13.5 Å². The van der Waals surface area contributed by atoms with Gasteiger partial charge in [-0.05, 0) is 18.2 Å². The van der Waals surface area contributed by atoms with E-state index in [1.165, 1.54) is 16.4 Å². The topological polar surface area (TPSA) is 127 Å². The second-order valence-corrected chi connectivity index (χ2v) is 7.62. The van der Waals surface area contributed by atoms with Crippen LogP contribution in [0.15, 0.2) is 29.3 Å². The number of phenolic OH excluding ortho intramolecular Hbond substituents is 1. The van der Waals surface area contributed by atoms with Gasteiger partial charge in [0.2, 0.25) is 16.0 Å². The summed E-state index contributed by atoms with van der Waals surface area (Å²) in [7, 11) is -2.10.